The van der Waals surface area contributed by atoms with E-state index < -0.39 is 11.6 Å². The molecule has 0 radical (unpaired) electrons. The average Bonchev–Trinajstić information content (AvgIpc) is 1.67. The van der Waals surface area contributed by atoms with E-state index in [4.69, 9.17) is 10.2 Å². The van der Waals surface area contributed by atoms with Crippen molar-refractivity contribution in [2.45, 2.75) is 12.7 Å². The molecule has 2 N–H and O–H groups in total. The van der Waals surface area contributed by atoms with Gasteiger partial charge in [0.2, 0.25) is 0 Å². The van der Waals surface area contributed by atoms with Gasteiger partial charge in [0.1, 0.15) is 0 Å². The largest absolute Gasteiger partial charge is 0.354 e. The first-order valence-corrected chi connectivity index (χ1v) is 1.93. The van der Waals surface area contributed by atoms with E-state index in [-0.39, 0.29) is 6.29 Å². The van der Waals surface area contributed by atoms with Crippen molar-refractivity contribution in [1.82, 2.24) is 0 Å². The van der Waals surface area contributed by atoms with Crippen molar-refractivity contribution in [2.75, 3.05) is 0 Å². The summed E-state index contributed by atoms with van der Waals surface area (Å²) in [5, 5.41) is 16.5. The highest BCUT2D eigenvalue weighted by atomic mass is 16.5. The molecule has 4 heteroatoms. The molecular formula is C4H6O4. The van der Waals surface area contributed by atoms with Gasteiger partial charge in [0, 0.05) is 6.92 Å². The molecule has 0 aromatic carbocycles. The van der Waals surface area contributed by atoms with Gasteiger partial charge < -0.3 is 10.2 Å². The van der Waals surface area contributed by atoms with Gasteiger partial charge in [-0.05, 0) is 0 Å². The van der Waals surface area contributed by atoms with E-state index in [0.29, 0.717) is 0 Å². The Morgan fingerprint density at radius 3 is 2.00 bits per heavy atom. The van der Waals surface area contributed by atoms with Crippen molar-refractivity contribution in [3.63, 3.8) is 0 Å². The molecule has 0 bridgehead atoms. The Morgan fingerprint density at radius 2 is 2.00 bits per heavy atom. The number of hydrogen-bond donors (Lipinski definition) is 2. The maximum Gasteiger partial charge on any atom is 0.282 e. The zero-order valence-corrected chi connectivity index (χ0v) is 4.29. The van der Waals surface area contributed by atoms with Crippen LogP contribution in [0.25, 0.3) is 0 Å². The molecule has 8 heavy (non-hydrogen) atoms. The molecule has 0 saturated heterocycles. The van der Waals surface area contributed by atoms with Crippen LogP contribution in [0.3, 0.4) is 0 Å². The van der Waals surface area contributed by atoms with E-state index in [9.17, 15) is 9.59 Å². The van der Waals surface area contributed by atoms with Crippen LogP contribution >= 0.6 is 0 Å². The third-order valence-corrected chi connectivity index (χ3v) is 0.682. The van der Waals surface area contributed by atoms with E-state index in [1.807, 2.05) is 0 Å². The summed E-state index contributed by atoms with van der Waals surface area (Å²) in [5.74, 6) is -3.76. The summed E-state index contributed by atoms with van der Waals surface area (Å²) < 4.78 is 0. The number of carbonyl (C=O) groups is 2. The Morgan fingerprint density at radius 1 is 1.62 bits per heavy atom. The van der Waals surface area contributed by atoms with Gasteiger partial charge in [-0.2, -0.15) is 0 Å². The van der Waals surface area contributed by atoms with Crippen LogP contribution in [-0.4, -0.2) is 28.1 Å². The Balaban J connectivity index is 4.12. The van der Waals surface area contributed by atoms with Gasteiger partial charge in [0.15, 0.2) is 12.1 Å². The Labute approximate surface area is 45.7 Å². The number of Topliss-reactive ketones (excluding diaryl/α,β-unsaturated/α-hetero) is 1. The molecule has 0 aliphatic rings. The van der Waals surface area contributed by atoms with Gasteiger partial charge in [-0.3, -0.25) is 9.59 Å². The van der Waals surface area contributed by atoms with Crippen LogP contribution in [0.15, 0.2) is 0 Å². The van der Waals surface area contributed by atoms with Gasteiger partial charge >= 0.3 is 0 Å². The third-order valence-electron chi connectivity index (χ3n) is 0.682. The second kappa shape index (κ2) is 2.02. The van der Waals surface area contributed by atoms with Crippen LogP contribution in [0, 0.1) is 0 Å². The van der Waals surface area contributed by atoms with Crippen LogP contribution in [0.1, 0.15) is 6.92 Å². The third kappa shape index (κ3) is 1.40. The molecule has 0 unspecified atom stereocenters. The van der Waals surface area contributed by atoms with E-state index >= 15 is 0 Å². The minimum Gasteiger partial charge on any atom is -0.354 e. The summed E-state index contributed by atoms with van der Waals surface area (Å²) in [6.07, 6.45) is -0.227. The number of aliphatic hydroxyl groups is 2. The summed E-state index contributed by atoms with van der Waals surface area (Å²) in [4.78, 5) is 19.5. The highest BCUT2D eigenvalue weighted by Crippen LogP contribution is 1.93. The molecule has 0 aromatic heterocycles. The normalized spacial score (nSPS) is 10.9. The summed E-state index contributed by atoms with van der Waals surface area (Å²) in [6, 6.07) is 0. The first-order valence-electron chi connectivity index (χ1n) is 1.93. The van der Waals surface area contributed by atoms with E-state index in [1.54, 1.807) is 0 Å². The van der Waals surface area contributed by atoms with Crippen LogP contribution in [0.5, 0.6) is 0 Å². The van der Waals surface area contributed by atoms with Crippen molar-refractivity contribution >= 4 is 12.1 Å². The smallest absolute Gasteiger partial charge is 0.282 e. The summed E-state index contributed by atoms with van der Waals surface area (Å²) in [7, 11) is 0. The van der Waals surface area contributed by atoms with Gasteiger partial charge in [0.25, 0.3) is 5.79 Å². The molecule has 0 spiro atoms. The predicted octanol–water partition coefficient (Wildman–Crippen LogP) is -1.54. The molecule has 4 nitrogen and oxygen atoms in total. The number of rotatable bonds is 2. The molecule has 0 aromatic rings. The van der Waals surface area contributed by atoms with Crippen molar-refractivity contribution in [3.05, 3.63) is 0 Å². The van der Waals surface area contributed by atoms with Crippen molar-refractivity contribution in [3.8, 4) is 0 Å². The first kappa shape index (κ1) is 7.26. The van der Waals surface area contributed by atoms with Gasteiger partial charge in [-0.15, -0.1) is 0 Å². The zero-order chi connectivity index (χ0) is 6.78. The Kier molecular flexibility index (Phi) is 1.83. The second-order valence-corrected chi connectivity index (χ2v) is 1.40. The molecule has 0 rings (SSSR count). The SMILES string of the molecule is CC(=O)C(O)(O)C=O. The Hall–Kier alpha value is -0.740. The fourth-order valence-electron chi connectivity index (χ4n) is 0.0830. The molecule has 0 amide bonds. The van der Waals surface area contributed by atoms with Gasteiger partial charge in [0.05, 0.1) is 0 Å². The van der Waals surface area contributed by atoms with E-state index in [0.717, 1.165) is 6.92 Å². The zero-order valence-electron chi connectivity index (χ0n) is 4.29. The lowest BCUT2D eigenvalue weighted by molar-refractivity contribution is -0.178. The standard InChI is InChI=1S/C4H6O4/c1-3(6)4(7,8)2-5/h2,7-8H,1H3. The lowest BCUT2D eigenvalue weighted by atomic mass is 10.2. The van der Waals surface area contributed by atoms with Gasteiger partial charge in [-0.25, -0.2) is 0 Å². The molecule has 0 heterocycles. The predicted molar refractivity (Wildman–Crippen MR) is 23.9 cm³/mol. The van der Waals surface area contributed by atoms with Gasteiger partial charge in [-0.1, -0.05) is 0 Å². The molecule has 0 fully saturated rings. The maximum atomic E-state index is 9.97. The molecule has 46 valence electrons. The van der Waals surface area contributed by atoms with E-state index in [2.05, 4.69) is 0 Å². The Bertz CT molecular complexity index is 115. The number of aldehydes is 1. The van der Waals surface area contributed by atoms with Crippen LogP contribution in [0.4, 0.5) is 0 Å². The van der Waals surface area contributed by atoms with Crippen molar-refractivity contribution in [2.24, 2.45) is 0 Å². The van der Waals surface area contributed by atoms with Crippen LogP contribution < -0.4 is 0 Å². The van der Waals surface area contributed by atoms with E-state index in [1.165, 1.54) is 0 Å². The van der Waals surface area contributed by atoms with Crippen molar-refractivity contribution in [1.29, 1.82) is 0 Å². The van der Waals surface area contributed by atoms with Crippen LogP contribution in [0.2, 0.25) is 0 Å². The molecule has 0 atom stereocenters. The summed E-state index contributed by atoms with van der Waals surface area (Å²) in [6.45, 7) is 0.911. The number of ketones is 1. The average molecular weight is 118 g/mol. The fraction of sp³-hybridized carbons (Fsp3) is 0.500. The second-order valence-electron chi connectivity index (χ2n) is 1.40. The fourth-order valence-corrected chi connectivity index (χ4v) is 0.0830. The minimum absolute atomic E-state index is 0.227. The summed E-state index contributed by atoms with van der Waals surface area (Å²) >= 11 is 0. The highest BCUT2D eigenvalue weighted by Gasteiger charge is 2.27. The molecular weight excluding hydrogens is 112 g/mol. The minimum atomic E-state index is -2.78. The molecule has 0 aliphatic carbocycles. The monoisotopic (exact) mass is 118 g/mol. The lowest BCUT2D eigenvalue weighted by Crippen LogP contribution is -2.37. The highest BCUT2D eigenvalue weighted by molar-refractivity contribution is 5.97. The quantitative estimate of drug-likeness (QED) is 0.261. The lowest BCUT2D eigenvalue weighted by Gasteiger charge is -2.06. The first-order chi connectivity index (χ1) is 3.50. The summed E-state index contributed by atoms with van der Waals surface area (Å²) in [5.41, 5.74) is 0. The molecule has 0 saturated carbocycles. The number of hydrogen-bond acceptors (Lipinski definition) is 4. The van der Waals surface area contributed by atoms with Crippen molar-refractivity contribution < 1.29 is 19.8 Å². The van der Waals surface area contributed by atoms with Crippen LogP contribution in [-0.2, 0) is 9.59 Å². The topological polar surface area (TPSA) is 74.6 Å². The number of carbonyl (C=O) groups excluding carboxylic acids is 2. The maximum absolute atomic E-state index is 9.97. The molecule has 0 aliphatic heterocycles.